The molecule has 0 radical (unpaired) electrons. The largest absolute Gasteiger partial charge is 0.367 e. The number of carbonyl (C=O) groups is 1. The zero-order chi connectivity index (χ0) is 18.7. The Bertz CT molecular complexity index is 732. The van der Waals surface area contributed by atoms with Crippen LogP contribution in [0.2, 0.25) is 0 Å². The Morgan fingerprint density at radius 1 is 1.50 bits per heavy atom. The summed E-state index contributed by atoms with van der Waals surface area (Å²) in [6.45, 7) is 9.48. The topological polar surface area (TPSA) is 45.7 Å². The number of hydrogen-bond donors (Lipinski definition) is 0. The van der Waals surface area contributed by atoms with Crippen LogP contribution in [0.5, 0.6) is 0 Å². The molecule has 0 aliphatic carbocycles. The van der Waals surface area contributed by atoms with Crippen molar-refractivity contribution >= 4 is 23.2 Å². The average molecular weight is 374 g/mol. The minimum atomic E-state index is -0.278. The Hall–Kier alpha value is -2.11. The van der Waals surface area contributed by atoms with Crippen molar-refractivity contribution in [2.75, 3.05) is 19.6 Å². The molecule has 1 fully saturated rings. The predicted octanol–water partition coefficient (Wildman–Crippen LogP) is 3.05. The van der Waals surface area contributed by atoms with E-state index >= 15 is 0 Å². The molecule has 0 saturated carbocycles. The zero-order valence-corrected chi connectivity index (χ0v) is 15.9. The molecule has 0 unspecified atom stereocenters. The molecule has 0 bridgehead atoms. The maximum absolute atomic E-state index is 12.1. The van der Waals surface area contributed by atoms with Crippen LogP contribution in [-0.2, 0) is 9.53 Å². The Morgan fingerprint density at radius 3 is 2.96 bits per heavy atom. The Balaban J connectivity index is 1.92. The molecule has 2 aliphatic rings. The summed E-state index contributed by atoms with van der Waals surface area (Å²) >= 11 is 6.64. The Kier molecular flexibility index (Phi) is 5.79. The highest BCUT2D eigenvalue weighted by atomic mass is 35.5. The van der Waals surface area contributed by atoms with E-state index in [9.17, 15) is 4.79 Å². The molecule has 1 saturated heterocycles. The van der Waals surface area contributed by atoms with E-state index in [0.717, 1.165) is 23.4 Å². The van der Waals surface area contributed by atoms with E-state index in [1.165, 1.54) is 6.08 Å². The van der Waals surface area contributed by atoms with Gasteiger partial charge in [0.05, 0.1) is 12.6 Å². The number of ether oxygens (including phenoxy) is 1. The number of aromatic nitrogens is 1. The molecule has 138 valence electrons. The lowest BCUT2D eigenvalue weighted by atomic mass is 9.99. The fraction of sp³-hybridized carbons (Fsp3) is 0.400. The lowest BCUT2D eigenvalue weighted by Crippen LogP contribution is -2.49. The fourth-order valence-electron chi connectivity index (χ4n) is 3.42. The fourth-order valence-corrected chi connectivity index (χ4v) is 3.81. The molecule has 1 amide bonds. The van der Waals surface area contributed by atoms with Gasteiger partial charge >= 0.3 is 0 Å². The quantitative estimate of drug-likeness (QED) is 0.462. The van der Waals surface area contributed by atoms with Crippen LogP contribution in [0.15, 0.2) is 54.9 Å². The summed E-state index contributed by atoms with van der Waals surface area (Å²) < 4.78 is 6.12. The van der Waals surface area contributed by atoms with Crippen molar-refractivity contribution in [1.29, 1.82) is 0 Å². The number of amides is 1. The number of pyridine rings is 1. The van der Waals surface area contributed by atoms with Crippen LogP contribution in [0.25, 0.3) is 5.70 Å². The zero-order valence-electron chi connectivity index (χ0n) is 15.1. The normalized spacial score (nSPS) is 26.2. The van der Waals surface area contributed by atoms with Crippen LogP contribution in [0.4, 0.5) is 0 Å². The van der Waals surface area contributed by atoms with Gasteiger partial charge in [-0.05, 0) is 49.8 Å². The van der Waals surface area contributed by atoms with E-state index in [-0.39, 0.29) is 23.6 Å². The summed E-state index contributed by atoms with van der Waals surface area (Å²) in [5, 5.41) is 0. The van der Waals surface area contributed by atoms with Gasteiger partial charge in [0.1, 0.15) is 11.6 Å². The minimum Gasteiger partial charge on any atom is -0.367 e. The van der Waals surface area contributed by atoms with E-state index in [1.807, 2.05) is 31.3 Å². The van der Waals surface area contributed by atoms with E-state index < -0.39 is 0 Å². The molecule has 0 spiro atoms. The van der Waals surface area contributed by atoms with Crippen molar-refractivity contribution < 1.29 is 9.53 Å². The predicted molar refractivity (Wildman–Crippen MR) is 103 cm³/mol. The van der Waals surface area contributed by atoms with Gasteiger partial charge in [-0.25, -0.2) is 0 Å². The maximum atomic E-state index is 12.1. The van der Waals surface area contributed by atoms with Crippen molar-refractivity contribution in [3.63, 3.8) is 0 Å². The number of morpholine rings is 1. The van der Waals surface area contributed by atoms with Crippen molar-refractivity contribution in [1.82, 2.24) is 14.8 Å². The molecular weight excluding hydrogens is 350 g/mol. The van der Waals surface area contributed by atoms with Gasteiger partial charge in [0, 0.05) is 36.7 Å². The first kappa shape index (κ1) is 18.7. The van der Waals surface area contributed by atoms with Gasteiger partial charge in [-0.2, -0.15) is 0 Å². The first-order valence-electron chi connectivity index (χ1n) is 8.84. The number of rotatable bonds is 4. The second kappa shape index (κ2) is 8.06. The summed E-state index contributed by atoms with van der Waals surface area (Å²) in [6, 6.07) is 3.93. The van der Waals surface area contributed by atoms with Crippen molar-refractivity contribution in [2.45, 2.75) is 31.6 Å². The monoisotopic (exact) mass is 373 g/mol. The van der Waals surface area contributed by atoms with Crippen molar-refractivity contribution in [3.8, 4) is 0 Å². The smallest absolute Gasteiger partial charge is 0.246 e. The van der Waals surface area contributed by atoms with Crippen LogP contribution >= 0.6 is 11.6 Å². The second-order valence-electron chi connectivity index (χ2n) is 6.48. The highest BCUT2D eigenvalue weighted by Crippen LogP contribution is 2.32. The standard InChI is InChI=1S/C20H24ClN3O2/c1-4-20(25)23-12-14(3)26-18(13-23)16-9-17(15-7-6-8-22-11-15)24(5-2)19(21)10-16/h4,6-11,14,18-19H,1,5,12-13H2,2-3H3/t14-,18+,19-/m0/s1. The molecular formula is C20H24ClN3O2. The van der Waals surface area contributed by atoms with Crippen LogP contribution < -0.4 is 0 Å². The van der Waals surface area contributed by atoms with Gasteiger partial charge < -0.3 is 14.5 Å². The third kappa shape index (κ3) is 3.84. The third-order valence-corrected chi connectivity index (χ3v) is 5.02. The summed E-state index contributed by atoms with van der Waals surface area (Å²) in [6.07, 6.45) is 8.77. The first-order chi connectivity index (χ1) is 12.5. The van der Waals surface area contributed by atoms with Crippen LogP contribution in [0.1, 0.15) is 19.4 Å². The molecule has 2 aliphatic heterocycles. The average Bonchev–Trinajstić information content (AvgIpc) is 2.66. The van der Waals surface area contributed by atoms with Gasteiger partial charge in [0.25, 0.3) is 0 Å². The van der Waals surface area contributed by atoms with Gasteiger partial charge in [0.15, 0.2) is 0 Å². The number of hydrogen-bond acceptors (Lipinski definition) is 4. The number of alkyl halides is 1. The maximum Gasteiger partial charge on any atom is 0.246 e. The van der Waals surface area contributed by atoms with Crippen LogP contribution in [0, 0.1) is 0 Å². The third-order valence-electron chi connectivity index (χ3n) is 4.66. The summed E-state index contributed by atoms with van der Waals surface area (Å²) in [4.78, 5) is 20.2. The minimum absolute atomic E-state index is 0.0493. The molecule has 6 heteroatoms. The SMILES string of the molecule is C=CC(=O)N1C[C@H](C)O[C@@H](C2=C[C@@H](Cl)N(CC)C(c3cccnc3)=C2)C1. The highest BCUT2D eigenvalue weighted by Gasteiger charge is 2.32. The highest BCUT2D eigenvalue weighted by molar-refractivity contribution is 6.22. The number of likely N-dealkylation sites (N-methyl/N-ethyl adjacent to an activating group) is 1. The van der Waals surface area contributed by atoms with Crippen LogP contribution in [-0.4, -0.2) is 58.0 Å². The number of halogens is 1. The van der Waals surface area contributed by atoms with Gasteiger partial charge in [-0.15, -0.1) is 0 Å². The van der Waals surface area contributed by atoms with Gasteiger partial charge in [-0.1, -0.05) is 18.2 Å². The van der Waals surface area contributed by atoms with E-state index in [1.54, 1.807) is 11.1 Å². The van der Waals surface area contributed by atoms with Gasteiger partial charge in [-0.3, -0.25) is 9.78 Å². The van der Waals surface area contributed by atoms with Crippen molar-refractivity contribution in [3.05, 3.63) is 60.5 Å². The molecule has 1 aromatic heterocycles. The lowest BCUT2D eigenvalue weighted by Gasteiger charge is -2.40. The molecule has 5 nitrogen and oxygen atoms in total. The van der Waals surface area contributed by atoms with Gasteiger partial charge in [0.2, 0.25) is 5.91 Å². The molecule has 0 aromatic carbocycles. The summed E-state index contributed by atoms with van der Waals surface area (Å²) in [7, 11) is 0. The number of nitrogens with zero attached hydrogens (tertiary/aromatic N) is 3. The number of carbonyl (C=O) groups excluding carboxylic acids is 1. The van der Waals surface area contributed by atoms with E-state index in [2.05, 4.69) is 29.5 Å². The van der Waals surface area contributed by atoms with E-state index in [4.69, 9.17) is 16.3 Å². The Morgan fingerprint density at radius 2 is 2.31 bits per heavy atom. The molecule has 3 heterocycles. The summed E-state index contributed by atoms with van der Waals surface area (Å²) in [5.41, 5.74) is 2.73. The first-order valence-corrected chi connectivity index (χ1v) is 9.28. The molecule has 3 atom stereocenters. The molecule has 0 N–H and O–H groups in total. The van der Waals surface area contributed by atoms with Crippen LogP contribution in [0.3, 0.4) is 0 Å². The lowest BCUT2D eigenvalue weighted by molar-refractivity contribution is -0.136. The Labute approximate surface area is 159 Å². The van der Waals surface area contributed by atoms with Crippen molar-refractivity contribution in [2.24, 2.45) is 0 Å². The second-order valence-corrected chi connectivity index (χ2v) is 6.93. The molecule has 1 aromatic rings. The summed E-state index contributed by atoms with van der Waals surface area (Å²) in [5.74, 6) is -0.0735. The molecule has 26 heavy (non-hydrogen) atoms. The van der Waals surface area contributed by atoms with E-state index in [0.29, 0.717) is 13.1 Å². The molecule has 3 rings (SSSR count).